The van der Waals surface area contributed by atoms with Crippen LogP contribution in [0.4, 0.5) is 16.2 Å². The van der Waals surface area contributed by atoms with Crippen molar-refractivity contribution in [3.63, 3.8) is 0 Å². The molecule has 2 aromatic carbocycles. The molecule has 2 amide bonds. The lowest BCUT2D eigenvalue weighted by Crippen LogP contribution is -2.19. The Morgan fingerprint density at radius 2 is 1.90 bits per heavy atom. The van der Waals surface area contributed by atoms with E-state index in [2.05, 4.69) is 10.6 Å². The summed E-state index contributed by atoms with van der Waals surface area (Å²) < 4.78 is 5.04. The van der Waals surface area contributed by atoms with Gasteiger partial charge in [0.15, 0.2) is 0 Å². The van der Waals surface area contributed by atoms with Crippen molar-refractivity contribution in [2.75, 3.05) is 17.7 Å². The van der Waals surface area contributed by atoms with Gasteiger partial charge in [-0.2, -0.15) is 5.26 Å². The molecule has 0 aliphatic carbocycles. The zero-order chi connectivity index (χ0) is 15.2. The van der Waals surface area contributed by atoms with Gasteiger partial charge in [-0.25, -0.2) is 4.79 Å². The second-order valence-corrected chi connectivity index (χ2v) is 4.53. The normalized spacial score (nSPS) is 9.57. The fourth-order valence-electron chi connectivity index (χ4n) is 1.70. The summed E-state index contributed by atoms with van der Waals surface area (Å²) >= 11 is 5.98. The monoisotopic (exact) mass is 301 g/mol. The number of nitrogens with one attached hydrogen (secondary N) is 2. The van der Waals surface area contributed by atoms with Crippen LogP contribution >= 0.6 is 11.6 Å². The Morgan fingerprint density at radius 3 is 2.52 bits per heavy atom. The molecule has 0 aliphatic rings. The molecule has 21 heavy (non-hydrogen) atoms. The van der Waals surface area contributed by atoms with Crippen molar-refractivity contribution in [3.8, 4) is 11.8 Å². The number of urea groups is 1. The quantitative estimate of drug-likeness (QED) is 0.904. The van der Waals surface area contributed by atoms with Crippen molar-refractivity contribution in [2.45, 2.75) is 0 Å². The summed E-state index contributed by atoms with van der Waals surface area (Å²) in [4.78, 5) is 11.9. The van der Waals surface area contributed by atoms with Crippen LogP contribution in [0.1, 0.15) is 5.56 Å². The number of nitriles is 1. The molecule has 0 saturated carbocycles. The van der Waals surface area contributed by atoms with Crippen LogP contribution in [0.2, 0.25) is 5.02 Å². The first kappa shape index (κ1) is 14.7. The number of carbonyl (C=O) groups is 1. The van der Waals surface area contributed by atoms with Crippen molar-refractivity contribution in [2.24, 2.45) is 0 Å². The van der Waals surface area contributed by atoms with Crippen molar-refractivity contribution < 1.29 is 9.53 Å². The number of ether oxygens (including phenoxy) is 1. The maximum atomic E-state index is 11.9. The molecule has 6 heteroatoms. The number of benzene rings is 2. The summed E-state index contributed by atoms with van der Waals surface area (Å²) in [6.45, 7) is 0. The van der Waals surface area contributed by atoms with Crippen LogP contribution in [0.3, 0.4) is 0 Å². The summed E-state index contributed by atoms with van der Waals surface area (Å²) in [6, 6.07) is 13.1. The highest BCUT2D eigenvalue weighted by Crippen LogP contribution is 2.27. The summed E-state index contributed by atoms with van der Waals surface area (Å²) in [5, 5.41) is 14.5. The second kappa shape index (κ2) is 6.64. The van der Waals surface area contributed by atoms with Gasteiger partial charge in [0.25, 0.3) is 0 Å². The molecule has 0 atom stereocenters. The van der Waals surface area contributed by atoms with E-state index in [1.165, 1.54) is 7.11 Å². The summed E-state index contributed by atoms with van der Waals surface area (Å²) in [6.07, 6.45) is 0. The summed E-state index contributed by atoms with van der Waals surface area (Å²) in [5.74, 6) is 0.532. The van der Waals surface area contributed by atoms with E-state index in [4.69, 9.17) is 21.6 Å². The SMILES string of the molecule is COc1ccc(NC(=O)Nc2cccc(C#N)c2)cc1Cl. The minimum atomic E-state index is -0.425. The van der Waals surface area contributed by atoms with E-state index in [0.29, 0.717) is 27.7 Å². The van der Waals surface area contributed by atoms with E-state index in [1.54, 1.807) is 42.5 Å². The fraction of sp³-hybridized carbons (Fsp3) is 0.0667. The van der Waals surface area contributed by atoms with E-state index in [9.17, 15) is 4.79 Å². The van der Waals surface area contributed by atoms with Gasteiger partial charge in [0.2, 0.25) is 0 Å². The fourth-order valence-corrected chi connectivity index (χ4v) is 1.96. The van der Waals surface area contributed by atoms with Crippen molar-refractivity contribution >= 4 is 29.0 Å². The molecule has 0 spiro atoms. The molecule has 0 heterocycles. The van der Waals surface area contributed by atoms with E-state index in [0.717, 1.165) is 0 Å². The molecule has 0 fully saturated rings. The average Bonchev–Trinajstić information content (AvgIpc) is 2.47. The Bertz CT molecular complexity index is 710. The summed E-state index contributed by atoms with van der Waals surface area (Å²) in [7, 11) is 1.52. The number of amides is 2. The highest BCUT2D eigenvalue weighted by molar-refractivity contribution is 6.32. The van der Waals surface area contributed by atoms with E-state index in [-0.39, 0.29) is 0 Å². The lowest BCUT2D eigenvalue weighted by atomic mass is 10.2. The third-order valence-corrected chi connectivity index (χ3v) is 2.95. The molecule has 0 radical (unpaired) electrons. The molecular weight excluding hydrogens is 290 g/mol. The Hall–Kier alpha value is -2.71. The first-order valence-corrected chi connectivity index (χ1v) is 6.42. The van der Waals surface area contributed by atoms with Crippen LogP contribution in [0, 0.1) is 11.3 Å². The molecular formula is C15H12ClN3O2. The van der Waals surface area contributed by atoms with Crippen LogP contribution in [-0.2, 0) is 0 Å². The molecule has 2 N–H and O–H groups in total. The lowest BCUT2D eigenvalue weighted by molar-refractivity contribution is 0.262. The highest BCUT2D eigenvalue weighted by atomic mass is 35.5. The first-order chi connectivity index (χ1) is 10.1. The molecule has 0 saturated heterocycles. The number of anilines is 2. The Morgan fingerprint density at radius 1 is 1.19 bits per heavy atom. The van der Waals surface area contributed by atoms with E-state index < -0.39 is 6.03 Å². The highest BCUT2D eigenvalue weighted by Gasteiger charge is 2.06. The van der Waals surface area contributed by atoms with Crippen LogP contribution in [0.25, 0.3) is 0 Å². The minimum absolute atomic E-state index is 0.404. The van der Waals surface area contributed by atoms with Gasteiger partial charge < -0.3 is 15.4 Å². The Balaban J connectivity index is 2.04. The zero-order valence-electron chi connectivity index (χ0n) is 11.2. The van der Waals surface area contributed by atoms with Gasteiger partial charge in [0.05, 0.1) is 23.8 Å². The maximum absolute atomic E-state index is 11.9. The van der Waals surface area contributed by atoms with Crippen molar-refractivity contribution in [3.05, 3.63) is 53.1 Å². The van der Waals surface area contributed by atoms with Crippen LogP contribution < -0.4 is 15.4 Å². The van der Waals surface area contributed by atoms with Gasteiger partial charge >= 0.3 is 6.03 Å². The Labute approximate surface area is 127 Å². The molecule has 0 aliphatic heterocycles. The molecule has 106 valence electrons. The molecule has 5 nitrogen and oxygen atoms in total. The molecule has 2 rings (SSSR count). The van der Waals surface area contributed by atoms with Crippen molar-refractivity contribution in [1.82, 2.24) is 0 Å². The van der Waals surface area contributed by atoms with E-state index >= 15 is 0 Å². The molecule has 0 bridgehead atoms. The van der Waals surface area contributed by atoms with Gasteiger partial charge in [-0.05, 0) is 36.4 Å². The third kappa shape index (κ3) is 3.88. The average molecular weight is 302 g/mol. The van der Waals surface area contributed by atoms with Crippen LogP contribution in [-0.4, -0.2) is 13.1 Å². The van der Waals surface area contributed by atoms with Crippen LogP contribution in [0.5, 0.6) is 5.75 Å². The number of halogens is 1. The summed E-state index contributed by atoms with van der Waals surface area (Å²) in [5.41, 5.74) is 1.54. The number of hydrogen-bond donors (Lipinski definition) is 2. The van der Waals surface area contributed by atoms with Gasteiger partial charge in [-0.1, -0.05) is 17.7 Å². The predicted molar refractivity (Wildman–Crippen MR) is 81.8 cm³/mol. The zero-order valence-corrected chi connectivity index (χ0v) is 11.9. The first-order valence-electron chi connectivity index (χ1n) is 6.04. The number of carbonyl (C=O) groups excluding carboxylic acids is 1. The largest absolute Gasteiger partial charge is 0.495 e. The molecule has 0 aromatic heterocycles. The smallest absolute Gasteiger partial charge is 0.323 e. The number of methoxy groups -OCH3 is 1. The van der Waals surface area contributed by atoms with Gasteiger partial charge in [0, 0.05) is 11.4 Å². The van der Waals surface area contributed by atoms with Gasteiger partial charge in [-0.3, -0.25) is 0 Å². The van der Waals surface area contributed by atoms with Gasteiger partial charge in [0.1, 0.15) is 5.75 Å². The predicted octanol–water partition coefficient (Wildman–Crippen LogP) is 3.86. The minimum Gasteiger partial charge on any atom is -0.495 e. The number of hydrogen-bond acceptors (Lipinski definition) is 3. The number of nitrogens with zero attached hydrogens (tertiary/aromatic N) is 1. The molecule has 2 aromatic rings. The van der Waals surface area contributed by atoms with Crippen molar-refractivity contribution in [1.29, 1.82) is 5.26 Å². The lowest BCUT2D eigenvalue weighted by Gasteiger charge is -2.09. The number of rotatable bonds is 3. The van der Waals surface area contributed by atoms with Crippen LogP contribution in [0.15, 0.2) is 42.5 Å². The topological polar surface area (TPSA) is 74.2 Å². The third-order valence-electron chi connectivity index (χ3n) is 2.66. The van der Waals surface area contributed by atoms with E-state index in [1.807, 2.05) is 6.07 Å². The standard InChI is InChI=1S/C15H12ClN3O2/c1-21-14-6-5-12(8-13(14)16)19-15(20)18-11-4-2-3-10(7-11)9-17/h2-8H,1H3,(H2,18,19,20). The molecule has 0 unspecified atom stereocenters. The second-order valence-electron chi connectivity index (χ2n) is 4.12. The van der Waals surface area contributed by atoms with Gasteiger partial charge in [-0.15, -0.1) is 0 Å². The Kier molecular flexibility index (Phi) is 4.64. The maximum Gasteiger partial charge on any atom is 0.323 e.